The molecule has 2 heterocycles. The van der Waals surface area contributed by atoms with Crippen molar-refractivity contribution in [1.82, 2.24) is 9.88 Å². The first kappa shape index (κ1) is 16.7. The normalized spacial score (nSPS) is 13.6. The Morgan fingerprint density at radius 2 is 1.96 bits per heavy atom. The summed E-state index contributed by atoms with van der Waals surface area (Å²) in [6.45, 7) is 0.938. The molecule has 0 radical (unpaired) electrons. The van der Waals surface area contributed by atoms with Crippen molar-refractivity contribution in [2.75, 3.05) is 13.1 Å². The molecule has 1 amide bonds. The molecule has 0 spiro atoms. The monoisotopic (exact) mass is 335 g/mol. The fourth-order valence-corrected chi connectivity index (χ4v) is 2.58. The number of aromatic nitrogens is 1. The lowest BCUT2D eigenvalue weighted by Gasteiger charge is -2.38. The van der Waals surface area contributed by atoms with E-state index in [-0.39, 0.29) is 30.6 Å². The van der Waals surface area contributed by atoms with Gasteiger partial charge in [0.15, 0.2) is 5.78 Å². The summed E-state index contributed by atoms with van der Waals surface area (Å²) in [5.41, 5.74) is 1.11. The highest BCUT2D eigenvalue weighted by Gasteiger charge is 2.32. The topological polar surface area (TPSA) is 83.3 Å². The van der Waals surface area contributed by atoms with Crippen molar-refractivity contribution in [3.05, 3.63) is 59.8 Å². The maximum absolute atomic E-state index is 12.1. The third-order valence-corrected chi connectivity index (χ3v) is 4.01. The van der Waals surface area contributed by atoms with E-state index in [1.54, 1.807) is 29.2 Å². The lowest BCUT2D eigenvalue weighted by molar-refractivity contribution is -0.140. The second-order valence-electron chi connectivity index (χ2n) is 5.82. The van der Waals surface area contributed by atoms with Gasteiger partial charge in [0, 0.05) is 30.7 Å². The number of Topliss-reactive ketones (excluding diaryl/α,β-unsaturated/α-hetero) is 1. The van der Waals surface area contributed by atoms with Gasteiger partial charge < -0.3 is 9.64 Å². The minimum absolute atomic E-state index is 0.0280. The van der Waals surface area contributed by atoms with Crippen LogP contribution >= 0.6 is 0 Å². The Bertz CT molecular complexity index is 808. The van der Waals surface area contributed by atoms with Crippen molar-refractivity contribution in [2.24, 2.45) is 0 Å². The average Bonchev–Trinajstić information content (AvgIpc) is 2.63. The fourth-order valence-electron chi connectivity index (χ4n) is 2.58. The zero-order chi connectivity index (χ0) is 17.6. The summed E-state index contributed by atoms with van der Waals surface area (Å²) < 4.78 is 5.65. The Labute approximate surface area is 145 Å². The van der Waals surface area contributed by atoms with Crippen LogP contribution in [0.25, 0.3) is 0 Å². The van der Waals surface area contributed by atoms with Gasteiger partial charge in [-0.05, 0) is 6.07 Å². The van der Waals surface area contributed by atoms with E-state index < -0.39 is 0 Å². The van der Waals surface area contributed by atoms with Gasteiger partial charge in [-0.15, -0.1) is 0 Å². The molecule has 6 nitrogen and oxygen atoms in total. The van der Waals surface area contributed by atoms with Crippen LogP contribution in [0.2, 0.25) is 0 Å². The summed E-state index contributed by atoms with van der Waals surface area (Å²) in [6.07, 6.45) is 1.79. The predicted molar refractivity (Wildman–Crippen MR) is 90.0 cm³/mol. The average molecular weight is 335 g/mol. The van der Waals surface area contributed by atoms with E-state index >= 15 is 0 Å². The molecule has 1 aliphatic rings. The van der Waals surface area contributed by atoms with Gasteiger partial charge >= 0.3 is 0 Å². The Kier molecular flexibility index (Phi) is 5.05. The second kappa shape index (κ2) is 7.58. The maximum atomic E-state index is 12.1. The molecule has 1 aliphatic heterocycles. The number of rotatable bonds is 6. The van der Waals surface area contributed by atoms with E-state index in [0.717, 1.165) is 0 Å². The van der Waals surface area contributed by atoms with Crippen LogP contribution in [-0.4, -0.2) is 40.8 Å². The van der Waals surface area contributed by atoms with Crippen LogP contribution in [0.4, 0.5) is 0 Å². The van der Waals surface area contributed by atoms with E-state index in [1.165, 1.54) is 6.20 Å². The molecule has 0 saturated carbocycles. The molecule has 1 fully saturated rings. The van der Waals surface area contributed by atoms with Crippen LogP contribution in [0.1, 0.15) is 28.8 Å². The van der Waals surface area contributed by atoms with E-state index in [2.05, 4.69) is 4.98 Å². The van der Waals surface area contributed by atoms with Gasteiger partial charge in [0.25, 0.3) is 0 Å². The third kappa shape index (κ3) is 4.21. The zero-order valence-corrected chi connectivity index (χ0v) is 13.6. The molecule has 0 atom stereocenters. The molecule has 6 heteroatoms. The molecule has 0 N–H and O–H groups in total. The van der Waals surface area contributed by atoms with E-state index in [4.69, 9.17) is 10.00 Å². The fraction of sp³-hybridized carbons (Fsp3) is 0.263. The van der Waals surface area contributed by atoms with Crippen LogP contribution in [0.15, 0.2) is 48.7 Å². The first-order valence-electron chi connectivity index (χ1n) is 8.04. The number of amides is 1. The van der Waals surface area contributed by atoms with Crippen molar-refractivity contribution in [3.63, 3.8) is 0 Å². The smallest absolute Gasteiger partial charge is 0.223 e. The number of benzene rings is 1. The molecule has 1 aromatic heterocycles. The van der Waals surface area contributed by atoms with Crippen molar-refractivity contribution in [2.45, 2.75) is 18.9 Å². The van der Waals surface area contributed by atoms with Gasteiger partial charge in [-0.3, -0.25) is 9.59 Å². The van der Waals surface area contributed by atoms with Crippen molar-refractivity contribution in [3.8, 4) is 11.9 Å². The summed E-state index contributed by atoms with van der Waals surface area (Å²) in [6, 6.07) is 14.2. The van der Waals surface area contributed by atoms with E-state index in [0.29, 0.717) is 30.1 Å². The number of likely N-dealkylation sites (tertiary alicyclic amines) is 1. The Balaban J connectivity index is 1.42. The lowest BCUT2D eigenvalue weighted by atomic mass is 10.1. The number of nitrogens with zero attached hydrogens (tertiary/aromatic N) is 3. The lowest BCUT2D eigenvalue weighted by Crippen LogP contribution is -2.56. The summed E-state index contributed by atoms with van der Waals surface area (Å²) in [4.78, 5) is 29.8. The highest BCUT2D eigenvalue weighted by Crippen LogP contribution is 2.18. The van der Waals surface area contributed by atoms with E-state index in [1.807, 2.05) is 24.3 Å². The Hall–Kier alpha value is -3.20. The summed E-state index contributed by atoms with van der Waals surface area (Å²) >= 11 is 0. The Morgan fingerprint density at radius 3 is 2.68 bits per heavy atom. The number of pyridine rings is 1. The molecule has 3 rings (SSSR count). The minimum atomic E-state index is -0.129. The first-order valence-corrected chi connectivity index (χ1v) is 8.04. The predicted octanol–water partition coefficient (Wildman–Crippen LogP) is 2.21. The largest absolute Gasteiger partial charge is 0.471 e. The number of ether oxygens (including phenoxy) is 1. The van der Waals surface area contributed by atoms with E-state index in [9.17, 15) is 9.59 Å². The van der Waals surface area contributed by atoms with Gasteiger partial charge in [0.05, 0.1) is 24.7 Å². The molecule has 126 valence electrons. The first-order chi connectivity index (χ1) is 12.2. The van der Waals surface area contributed by atoms with Gasteiger partial charge in [-0.1, -0.05) is 30.3 Å². The van der Waals surface area contributed by atoms with Crippen LogP contribution in [0.3, 0.4) is 0 Å². The molecular weight excluding hydrogens is 318 g/mol. The van der Waals surface area contributed by atoms with Crippen LogP contribution < -0.4 is 4.74 Å². The minimum Gasteiger partial charge on any atom is -0.471 e. The molecule has 2 aromatic rings. The maximum Gasteiger partial charge on any atom is 0.223 e. The van der Waals surface area contributed by atoms with Gasteiger partial charge in [0.2, 0.25) is 11.8 Å². The molecule has 25 heavy (non-hydrogen) atoms. The van der Waals surface area contributed by atoms with Gasteiger partial charge in [-0.25, -0.2) is 4.98 Å². The van der Waals surface area contributed by atoms with Crippen LogP contribution in [0, 0.1) is 11.3 Å². The number of nitriles is 1. The van der Waals surface area contributed by atoms with Crippen molar-refractivity contribution in [1.29, 1.82) is 5.26 Å². The summed E-state index contributed by atoms with van der Waals surface area (Å²) in [7, 11) is 0. The molecule has 0 bridgehead atoms. The second-order valence-corrected chi connectivity index (χ2v) is 5.82. The highest BCUT2D eigenvalue weighted by atomic mass is 16.5. The summed E-state index contributed by atoms with van der Waals surface area (Å²) in [5.74, 6) is 0.304. The Morgan fingerprint density at radius 1 is 1.20 bits per heavy atom. The third-order valence-electron chi connectivity index (χ3n) is 4.01. The quantitative estimate of drug-likeness (QED) is 0.756. The molecule has 0 unspecified atom stereocenters. The number of carbonyl (C=O) groups is 2. The highest BCUT2D eigenvalue weighted by molar-refractivity contribution is 5.97. The van der Waals surface area contributed by atoms with Crippen LogP contribution in [0.5, 0.6) is 5.88 Å². The molecule has 1 saturated heterocycles. The zero-order valence-electron chi connectivity index (χ0n) is 13.6. The number of hydrogen-bond donors (Lipinski definition) is 0. The summed E-state index contributed by atoms with van der Waals surface area (Å²) in [5, 5.41) is 8.85. The van der Waals surface area contributed by atoms with Crippen molar-refractivity contribution < 1.29 is 14.3 Å². The standard InChI is InChI=1S/C19H17N3O3/c20-11-14-8-9-21-18(10-14)25-16-12-22(13-16)19(24)7-6-17(23)15-4-2-1-3-5-15/h1-5,8-10,16H,6-7,12-13H2. The van der Waals surface area contributed by atoms with Crippen molar-refractivity contribution >= 4 is 11.7 Å². The van der Waals surface area contributed by atoms with Crippen LogP contribution in [-0.2, 0) is 4.79 Å². The van der Waals surface area contributed by atoms with Gasteiger partial charge in [0.1, 0.15) is 6.10 Å². The number of ketones is 1. The number of carbonyl (C=O) groups excluding carboxylic acids is 2. The number of hydrogen-bond acceptors (Lipinski definition) is 5. The SMILES string of the molecule is N#Cc1ccnc(OC2CN(C(=O)CCC(=O)c3ccccc3)C2)c1. The molecule has 1 aromatic carbocycles. The van der Waals surface area contributed by atoms with Gasteiger partial charge in [-0.2, -0.15) is 5.26 Å². The molecule has 0 aliphatic carbocycles. The molecular formula is C19H17N3O3.